The molecular weight excluding hydrogens is 283 g/mol. The Morgan fingerprint density at radius 2 is 2.11 bits per heavy atom. The monoisotopic (exact) mass is 297 g/mol. The molecule has 0 aromatic carbocycles. The average Bonchev–Trinajstić information content (AvgIpc) is 2.32. The Bertz CT molecular complexity index is 415. The van der Waals surface area contributed by atoms with Crippen molar-refractivity contribution in [3.8, 4) is 0 Å². The van der Waals surface area contributed by atoms with Crippen molar-refractivity contribution in [2.75, 3.05) is 18.5 Å². The first-order chi connectivity index (χ1) is 8.82. The summed E-state index contributed by atoms with van der Waals surface area (Å²) in [6.07, 6.45) is -3.06. The van der Waals surface area contributed by atoms with E-state index in [4.69, 9.17) is 16.7 Å². The molecule has 0 aliphatic carbocycles. The SMILES string of the molecule is CC(CO)CCCNc1cc(C(F)(F)F)nc(Cl)n1. The molecule has 0 amide bonds. The highest BCUT2D eigenvalue weighted by Crippen LogP contribution is 2.29. The molecule has 8 heteroatoms. The Balaban J connectivity index is 2.57. The number of nitrogens with zero attached hydrogens (tertiary/aromatic N) is 2. The molecular formula is C11H15ClF3N3O. The van der Waals surface area contributed by atoms with Gasteiger partial charge >= 0.3 is 6.18 Å². The van der Waals surface area contributed by atoms with Crippen molar-refractivity contribution in [2.24, 2.45) is 5.92 Å². The van der Waals surface area contributed by atoms with E-state index < -0.39 is 17.2 Å². The molecule has 1 atom stereocenters. The van der Waals surface area contributed by atoms with Gasteiger partial charge in [-0.05, 0) is 30.4 Å². The second kappa shape index (κ2) is 6.91. The second-order valence-corrected chi connectivity index (χ2v) is 4.60. The van der Waals surface area contributed by atoms with Crippen LogP contribution in [0, 0.1) is 5.92 Å². The maximum atomic E-state index is 12.5. The highest BCUT2D eigenvalue weighted by atomic mass is 35.5. The molecule has 1 aromatic heterocycles. The second-order valence-electron chi connectivity index (χ2n) is 4.26. The standard InChI is InChI=1S/C11H15ClF3N3O/c1-7(6-19)3-2-4-16-9-5-8(11(13,14)15)17-10(12)18-9/h5,7,19H,2-4,6H2,1H3,(H,16,17,18). The van der Waals surface area contributed by atoms with E-state index in [0.717, 1.165) is 12.5 Å². The van der Waals surface area contributed by atoms with Crippen LogP contribution in [-0.2, 0) is 6.18 Å². The number of nitrogens with one attached hydrogen (secondary N) is 1. The zero-order valence-corrected chi connectivity index (χ0v) is 11.1. The number of aliphatic hydroxyl groups excluding tert-OH is 1. The summed E-state index contributed by atoms with van der Waals surface area (Å²) in [5.74, 6) is 0.213. The number of hydrogen-bond donors (Lipinski definition) is 2. The molecule has 1 heterocycles. The number of anilines is 1. The van der Waals surface area contributed by atoms with Crippen LogP contribution in [0.25, 0.3) is 0 Å². The van der Waals surface area contributed by atoms with Crippen LogP contribution in [0.1, 0.15) is 25.5 Å². The first-order valence-corrected chi connectivity index (χ1v) is 6.17. The third-order valence-electron chi connectivity index (χ3n) is 2.48. The number of alkyl halides is 3. The van der Waals surface area contributed by atoms with Crippen molar-refractivity contribution < 1.29 is 18.3 Å². The molecule has 0 aliphatic rings. The number of aromatic nitrogens is 2. The van der Waals surface area contributed by atoms with E-state index in [1.54, 1.807) is 0 Å². The predicted octanol–water partition coefficient (Wildman–Crippen LogP) is 2.97. The van der Waals surface area contributed by atoms with E-state index in [1.807, 2.05) is 6.92 Å². The minimum atomic E-state index is -4.55. The lowest BCUT2D eigenvalue weighted by Crippen LogP contribution is -2.12. The maximum Gasteiger partial charge on any atom is 0.433 e. The van der Waals surface area contributed by atoms with Gasteiger partial charge in [0.05, 0.1) is 0 Å². The van der Waals surface area contributed by atoms with Gasteiger partial charge in [-0.3, -0.25) is 0 Å². The molecule has 1 rings (SSSR count). The van der Waals surface area contributed by atoms with E-state index >= 15 is 0 Å². The fraction of sp³-hybridized carbons (Fsp3) is 0.636. The Morgan fingerprint density at radius 3 is 2.68 bits per heavy atom. The summed E-state index contributed by atoms with van der Waals surface area (Å²) in [6, 6.07) is 0.821. The molecule has 0 bridgehead atoms. The average molecular weight is 298 g/mol. The van der Waals surface area contributed by atoms with Gasteiger partial charge in [0.2, 0.25) is 5.28 Å². The van der Waals surface area contributed by atoms with Crippen molar-refractivity contribution in [2.45, 2.75) is 25.9 Å². The van der Waals surface area contributed by atoms with Crippen LogP contribution in [0.3, 0.4) is 0 Å². The third kappa shape index (κ3) is 5.61. The molecule has 0 radical (unpaired) electrons. The van der Waals surface area contributed by atoms with Crippen molar-refractivity contribution >= 4 is 17.4 Å². The summed E-state index contributed by atoms with van der Waals surface area (Å²) in [4.78, 5) is 6.81. The van der Waals surface area contributed by atoms with Gasteiger partial charge in [0.1, 0.15) is 5.82 Å². The predicted molar refractivity (Wildman–Crippen MR) is 66.0 cm³/mol. The Hall–Kier alpha value is -1.08. The van der Waals surface area contributed by atoms with E-state index in [9.17, 15) is 13.2 Å². The summed E-state index contributed by atoms with van der Waals surface area (Å²) >= 11 is 5.45. The smallest absolute Gasteiger partial charge is 0.396 e. The third-order valence-corrected chi connectivity index (χ3v) is 2.65. The topological polar surface area (TPSA) is 58.0 Å². The largest absolute Gasteiger partial charge is 0.433 e. The number of aliphatic hydroxyl groups is 1. The summed E-state index contributed by atoms with van der Waals surface area (Å²) in [5, 5.41) is 11.1. The lowest BCUT2D eigenvalue weighted by atomic mass is 10.1. The summed E-state index contributed by atoms with van der Waals surface area (Å²) in [5.41, 5.74) is -1.07. The lowest BCUT2D eigenvalue weighted by Gasteiger charge is -2.11. The molecule has 1 aromatic rings. The fourth-order valence-corrected chi connectivity index (χ4v) is 1.59. The van der Waals surface area contributed by atoms with Gasteiger partial charge in [0, 0.05) is 19.2 Å². The van der Waals surface area contributed by atoms with Crippen molar-refractivity contribution in [1.29, 1.82) is 0 Å². The Labute approximate surface area is 114 Å². The van der Waals surface area contributed by atoms with Crippen LogP contribution in [0.15, 0.2) is 6.07 Å². The zero-order valence-electron chi connectivity index (χ0n) is 10.3. The molecule has 0 spiro atoms. The molecule has 108 valence electrons. The van der Waals surface area contributed by atoms with E-state index in [1.165, 1.54) is 0 Å². The first kappa shape index (κ1) is 16.0. The first-order valence-electron chi connectivity index (χ1n) is 5.79. The van der Waals surface area contributed by atoms with E-state index in [-0.39, 0.29) is 18.3 Å². The lowest BCUT2D eigenvalue weighted by molar-refractivity contribution is -0.141. The van der Waals surface area contributed by atoms with Crippen LogP contribution < -0.4 is 5.32 Å². The normalized spacial score (nSPS) is 13.4. The summed E-state index contributed by atoms with van der Waals surface area (Å²) in [6.45, 7) is 2.44. The quantitative estimate of drug-likeness (QED) is 0.626. The van der Waals surface area contributed by atoms with Crippen LogP contribution in [0.2, 0.25) is 5.28 Å². The van der Waals surface area contributed by atoms with Gasteiger partial charge in [-0.15, -0.1) is 0 Å². The molecule has 4 nitrogen and oxygen atoms in total. The van der Waals surface area contributed by atoms with Crippen LogP contribution in [-0.4, -0.2) is 28.2 Å². The molecule has 0 aliphatic heterocycles. The minimum absolute atomic E-state index is 0.0453. The van der Waals surface area contributed by atoms with Gasteiger partial charge in [-0.2, -0.15) is 13.2 Å². The van der Waals surface area contributed by atoms with Gasteiger partial charge in [-0.1, -0.05) is 6.92 Å². The summed E-state index contributed by atoms with van der Waals surface area (Å²) < 4.78 is 37.5. The number of rotatable bonds is 6. The zero-order chi connectivity index (χ0) is 14.5. The van der Waals surface area contributed by atoms with Crippen LogP contribution >= 0.6 is 11.6 Å². The van der Waals surface area contributed by atoms with E-state index in [0.29, 0.717) is 13.0 Å². The van der Waals surface area contributed by atoms with Crippen molar-refractivity contribution in [1.82, 2.24) is 9.97 Å². The van der Waals surface area contributed by atoms with Crippen molar-refractivity contribution in [3.63, 3.8) is 0 Å². The number of halogens is 4. The maximum absolute atomic E-state index is 12.5. The van der Waals surface area contributed by atoms with Crippen LogP contribution in [0.5, 0.6) is 0 Å². The van der Waals surface area contributed by atoms with E-state index in [2.05, 4.69) is 15.3 Å². The summed E-state index contributed by atoms with van der Waals surface area (Å²) in [7, 11) is 0. The fourth-order valence-electron chi connectivity index (χ4n) is 1.41. The molecule has 19 heavy (non-hydrogen) atoms. The Kier molecular flexibility index (Phi) is 5.81. The molecule has 1 unspecified atom stereocenters. The minimum Gasteiger partial charge on any atom is -0.396 e. The molecule has 2 N–H and O–H groups in total. The highest BCUT2D eigenvalue weighted by Gasteiger charge is 2.33. The van der Waals surface area contributed by atoms with Crippen LogP contribution in [0.4, 0.5) is 19.0 Å². The van der Waals surface area contributed by atoms with Gasteiger partial charge < -0.3 is 10.4 Å². The number of hydrogen-bond acceptors (Lipinski definition) is 4. The van der Waals surface area contributed by atoms with Gasteiger partial charge in [0.15, 0.2) is 5.69 Å². The molecule has 0 saturated carbocycles. The van der Waals surface area contributed by atoms with Gasteiger partial charge in [-0.25, -0.2) is 9.97 Å². The molecule has 0 fully saturated rings. The molecule has 0 saturated heterocycles. The van der Waals surface area contributed by atoms with Crippen molar-refractivity contribution in [3.05, 3.63) is 17.0 Å². The Morgan fingerprint density at radius 1 is 1.42 bits per heavy atom. The van der Waals surface area contributed by atoms with Gasteiger partial charge in [0.25, 0.3) is 0 Å². The highest BCUT2D eigenvalue weighted by molar-refractivity contribution is 6.28.